The molecular formula is C11H19NO8. The van der Waals surface area contributed by atoms with E-state index in [1.54, 1.807) is 0 Å². The lowest BCUT2D eigenvalue weighted by atomic mass is 10.0. The summed E-state index contributed by atoms with van der Waals surface area (Å²) >= 11 is 0. The number of carbonyl (C=O) groups excluding carboxylic acids is 2. The second-order valence-corrected chi connectivity index (χ2v) is 4.18. The summed E-state index contributed by atoms with van der Waals surface area (Å²) in [5, 5.41) is 38.8. The van der Waals surface area contributed by atoms with Crippen molar-refractivity contribution in [2.45, 2.75) is 44.3 Å². The molecular weight excluding hydrogens is 274 g/mol. The number of hydrogen-bond donors (Lipinski definition) is 5. The van der Waals surface area contributed by atoms with E-state index in [0.29, 0.717) is 0 Å². The third-order valence-electron chi connectivity index (χ3n) is 2.50. The van der Waals surface area contributed by atoms with Crippen LogP contribution in [0.15, 0.2) is 0 Å². The van der Waals surface area contributed by atoms with Gasteiger partial charge in [-0.15, -0.1) is 0 Å². The van der Waals surface area contributed by atoms with E-state index < -0.39 is 48.9 Å². The van der Waals surface area contributed by atoms with Gasteiger partial charge in [-0.1, -0.05) is 0 Å². The summed E-state index contributed by atoms with van der Waals surface area (Å²) in [5.74, 6) is -1.96. The first-order chi connectivity index (χ1) is 9.24. The number of carboxylic acid groups (broad SMARTS) is 1. The second kappa shape index (κ2) is 8.59. The minimum atomic E-state index is -1.76. The minimum Gasteiger partial charge on any atom is -0.479 e. The molecule has 9 nitrogen and oxygen atoms in total. The third kappa shape index (κ3) is 5.61. The summed E-state index contributed by atoms with van der Waals surface area (Å²) < 4.78 is 4.98. The topological polar surface area (TPSA) is 153 Å². The van der Waals surface area contributed by atoms with Crippen molar-refractivity contribution in [3.63, 3.8) is 0 Å². The van der Waals surface area contributed by atoms with E-state index in [1.165, 1.54) is 0 Å². The highest BCUT2D eigenvalue weighted by Crippen LogP contribution is 2.12. The standard InChI is InChI=1S/C11H19NO8/c1-5(11(18)19)20-10(9(17)8(16)4-14)7(3-13)12-6(2)15/h3,5,7-10,14,16-17H,4H2,1-2H3,(H,12,15)(H,18,19)/t5-,7+,8+,9-,10-/m1/s1. The fourth-order valence-electron chi connectivity index (χ4n) is 1.43. The van der Waals surface area contributed by atoms with E-state index in [0.717, 1.165) is 13.8 Å². The van der Waals surface area contributed by atoms with Crippen LogP contribution in [0.3, 0.4) is 0 Å². The lowest BCUT2D eigenvalue weighted by Crippen LogP contribution is -2.55. The van der Waals surface area contributed by atoms with Gasteiger partial charge < -0.3 is 35.3 Å². The Labute approximate surface area is 115 Å². The fourth-order valence-corrected chi connectivity index (χ4v) is 1.43. The Kier molecular flexibility index (Phi) is 7.92. The molecule has 5 N–H and O–H groups in total. The number of nitrogens with one attached hydrogen (secondary N) is 1. The van der Waals surface area contributed by atoms with Gasteiger partial charge >= 0.3 is 5.97 Å². The SMILES string of the molecule is CC(=O)N[C@@H](C=O)[C@@H](O[C@H](C)C(=O)O)[C@H](O)[C@@H](O)CO. The number of carbonyl (C=O) groups is 3. The van der Waals surface area contributed by atoms with Gasteiger partial charge in [-0.3, -0.25) is 4.79 Å². The van der Waals surface area contributed by atoms with Crippen LogP contribution in [-0.4, -0.2) is 75.7 Å². The maximum absolute atomic E-state index is 11.0. The maximum Gasteiger partial charge on any atom is 0.332 e. The van der Waals surface area contributed by atoms with Crippen LogP contribution in [0.2, 0.25) is 0 Å². The fraction of sp³-hybridized carbons (Fsp3) is 0.727. The summed E-state index contributed by atoms with van der Waals surface area (Å²) in [4.78, 5) is 32.7. The van der Waals surface area contributed by atoms with Crippen LogP contribution in [-0.2, 0) is 19.1 Å². The molecule has 9 heteroatoms. The summed E-state index contributed by atoms with van der Waals surface area (Å²) in [7, 11) is 0. The van der Waals surface area contributed by atoms with Crippen molar-refractivity contribution in [1.29, 1.82) is 0 Å². The van der Waals surface area contributed by atoms with Gasteiger partial charge in [-0.2, -0.15) is 0 Å². The first-order valence-corrected chi connectivity index (χ1v) is 5.82. The molecule has 0 unspecified atom stereocenters. The molecule has 0 aromatic heterocycles. The van der Waals surface area contributed by atoms with Gasteiger partial charge in [0.15, 0.2) is 6.10 Å². The van der Waals surface area contributed by atoms with Crippen LogP contribution < -0.4 is 5.32 Å². The zero-order valence-electron chi connectivity index (χ0n) is 11.1. The van der Waals surface area contributed by atoms with E-state index in [-0.39, 0.29) is 6.29 Å². The molecule has 0 radical (unpaired) electrons. The van der Waals surface area contributed by atoms with Crippen molar-refractivity contribution < 1.29 is 39.5 Å². The molecule has 0 aliphatic rings. The number of aliphatic carboxylic acids is 1. The predicted octanol–water partition coefficient (Wildman–Crippen LogP) is -2.74. The number of aliphatic hydroxyl groups excluding tert-OH is 3. The van der Waals surface area contributed by atoms with Crippen LogP contribution in [0.5, 0.6) is 0 Å². The van der Waals surface area contributed by atoms with Crippen molar-refractivity contribution in [3.8, 4) is 0 Å². The highest BCUT2D eigenvalue weighted by Gasteiger charge is 2.36. The Morgan fingerprint density at radius 3 is 2.25 bits per heavy atom. The highest BCUT2D eigenvalue weighted by molar-refractivity contribution is 5.77. The zero-order chi connectivity index (χ0) is 15.9. The Balaban J connectivity index is 5.15. The van der Waals surface area contributed by atoms with Gasteiger partial charge in [0.1, 0.15) is 30.6 Å². The molecule has 0 aliphatic carbocycles. The van der Waals surface area contributed by atoms with Gasteiger partial charge in [0, 0.05) is 6.92 Å². The third-order valence-corrected chi connectivity index (χ3v) is 2.50. The van der Waals surface area contributed by atoms with Crippen molar-refractivity contribution in [1.82, 2.24) is 5.32 Å². The van der Waals surface area contributed by atoms with Crippen LogP contribution in [0, 0.1) is 0 Å². The number of ether oxygens (including phenoxy) is 1. The molecule has 0 heterocycles. The first kappa shape index (κ1) is 18.4. The van der Waals surface area contributed by atoms with Gasteiger partial charge in [0.25, 0.3) is 0 Å². The van der Waals surface area contributed by atoms with Gasteiger partial charge in [-0.05, 0) is 6.92 Å². The number of carboxylic acids is 1. The number of amides is 1. The van der Waals surface area contributed by atoms with Gasteiger partial charge in [0.05, 0.1) is 6.61 Å². The van der Waals surface area contributed by atoms with E-state index in [9.17, 15) is 24.6 Å². The Hall–Kier alpha value is -1.55. The zero-order valence-corrected chi connectivity index (χ0v) is 11.1. The molecule has 0 aliphatic heterocycles. The molecule has 5 atom stereocenters. The summed E-state index contributed by atoms with van der Waals surface area (Å²) in [5.41, 5.74) is 0. The van der Waals surface area contributed by atoms with Crippen molar-refractivity contribution in [2.24, 2.45) is 0 Å². The molecule has 0 rings (SSSR count). The van der Waals surface area contributed by atoms with Crippen LogP contribution >= 0.6 is 0 Å². The summed E-state index contributed by atoms with van der Waals surface area (Å²) in [6, 6.07) is -1.37. The molecule has 0 aromatic rings. The lowest BCUT2D eigenvalue weighted by molar-refractivity contribution is -0.168. The number of aliphatic hydroxyl groups is 3. The van der Waals surface area contributed by atoms with Crippen molar-refractivity contribution in [3.05, 3.63) is 0 Å². The van der Waals surface area contributed by atoms with Crippen molar-refractivity contribution in [2.75, 3.05) is 6.61 Å². The Bertz CT molecular complexity index is 347. The number of hydrogen-bond acceptors (Lipinski definition) is 7. The lowest BCUT2D eigenvalue weighted by Gasteiger charge is -2.31. The van der Waals surface area contributed by atoms with Gasteiger partial charge in [0.2, 0.25) is 5.91 Å². The van der Waals surface area contributed by atoms with E-state index >= 15 is 0 Å². The number of rotatable bonds is 9. The van der Waals surface area contributed by atoms with Crippen LogP contribution in [0.1, 0.15) is 13.8 Å². The predicted molar refractivity (Wildman–Crippen MR) is 64.7 cm³/mol. The summed E-state index contributed by atoms with van der Waals surface area (Å²) in [6.07, 6.45) is -6.09. The molecule has 0 saturated heterocycles. The monoisotopic (exact) mass is 293 g/mol. The number of aldehydes is 1. The van der Waals surface area contributed by atoms with Gasteiger partial charge in [-0.25, -0.2) is 4.79 Å². The van der Waals surface area contributed by atoms with Crippen molar-refractivity contribution >= 4 is 18.2 Å². The molecule has 116 valence electrons. The van der Waals surface area contributed by atoms with E-state index in [2.05, 4.69) is 5.32 Å². The molecule has 0 fully saturated rings. The van der Waals surface area contributed by atoms with Crippen LogP contribution in [0.25, 0.3) is 0 Å². The normalized spacial score (nSPS) is 18.4. The quantitative estimate of drug-likeness (QED) is 0.287. The molecule has 0 aromatic carbocycles. The molecule has 0 spiro atoms. The molecule has 0 saturated carbocycles. The smallest absolute Gasteiger partial charge is 0.332 e. The molecule has 20 heavy (non-hydrogen) atoms. The minimum absolute atomic E-state index is 0.244. The first-order valence-electron chi connectivity index (χ1n) is 5.82. The Morgan fingerprint density at radius 1 is 1.35 bits per heavy atom. The maximum atomic E-state index is 11.0. The van der Waals surface area contributed by atoms with Crippen LogP contribution in [0.4, 0.5) is 0 Å². The largest absolute Gasteiger partial charge is 0.479 e. The molecule has 1 amide bonds. The highest BCUT2D eigenvalue weighted by atomic mass is 16.5. The van der Waals surface area contributed by atoms with E-state index in [4.69, 9.17) is 14.9 Å². The Morgan fingerprint density at radius 2 is 1.90 bits per heavy atom. The van der Waals surface area contributed by atoms with E-state index in [1.807, 2.05) is 0 Å². The second-order valence-electron chi connectivity index (χ2n) is 4.18. The average Bonchev–Trinajstić information content (AvgIpc) is 2.39. The average molecular weight is 293 g/mol. The summed E-state index contributed by atoms with van der Waals surface area (Å²) in [6.45, 7) is 1.44. The molecule has 0 bridgehead atoms.